The van der Waals surface area contributed by atoms with Gasteiger partial charge in [0.2, 0.25) is 0 Å². The molecule has 1 aromatic carbocycles. The highest BCUT2D eigenvalue weighted by molar-refractivity contribution is 8.93. The monoisotopic (exact) mass is 423 g/mol. The summed E-state index contributed by atoms with van der Waals surface area (Å²) in [6.07, 6.45) is 7.04. The minimum atomic E-state index is -0.0000719. The molecule has 1 aliphatic heterocycles. The normalized spacial score (nSPS) is 21.0. The molecule has 5 heteroatoms. The van der Waals surface area contributed by atoms with Gasteiger partial charge in [0.05, 0.1) is 0 Å². The standard InChI is InChI=1S/C20H25NO2S.BrH/c1-2-3-4-5-13-9-15-19(24-13)11-21-16-7-6-12-8-17(22)18(23)10-14(12)20(15)16;/h8-10,16,20-23H,2-7,11H2,1H3;1H/t16-,20+;/m1./s1. The van der Waals surface area contributed by atoms with Gasteiger partial charge in [-0.25, -0.2) is 0 Å². The van der Waals surface area contributed by atoms with Gasteiger partial charge in [-0.05, 0) is 60.6 Å². The van der Waals surface area contributed by atoms with Crippen molar-refractivity contribution < 1.29 is 10.2 Å². The summed E-state index contributed by atoms with van der Waals surface area (Å²) in [5, 5.41) is 23.5. The molecule has 0 saturated heterocycles. The zero-order chi connectivity index (χ0) is 16.7. The van der Waals surface area contributed by atoms with Crippen LogP contribution in [0.1, 0.15) is 65.0 Å². The average Bonchev–Trinajstić information content (AvgIpc) is 2.99. The second kappa shape index (κ2) is 7.68. The molecule has 0 bridgehead atoms. The topological polar surface area (TPSA) is 52.5 Å². The molecular weight excluding hydrogens is 398 g/mol. The first-order valence-electron chi connectivity index (χ1n) is 9.07. The van der Waals surface area contributed by atoms with Crippen LogP contribution in [-0.4, -0.2) is 16.3 Å². The number of unbranched alkanes of at least 4 members (excludes halogenated alkanes) is 2. The number of phenolic OH excluding ortho intramolecular Hbond substituents is 2. The molecule has 136 valence electrons. The smallest absolute Gasteiger partial charge is 0.157 e. The average molecular weight is 424 g/mol. The van der Waals surface area contributed by atoms with Crippen molar-refractivity contribution in [2.75, 3.05) is 0 Å². The van der Waals surface area contributed by atoms with Crippen molar-refractivity contribution in [1.82, 2.24) is 5.32 Å². The van der Waals surface area contributed by atoms with E-state index >= 15 is 0 Å². The number of benzene rings is 1. The number of aryl methyl sites for hydroxylation is 2. The SMILES string of the molecule is Br.CCCCCc1cc2c(s1)CN[C@@H]1CCc3cc(O)c(O)cc3[C@@H]21. The van der Waals surface area contributed by atoms with Crippen molar-refractivity contribution in [3.8, 4) is 11.5 Å². The molecule has 2 atom stereocenters. The quantitative estimate of drug-likeness (QED) is 0.477. The maximum atomic E-state index is 9.99. The number of aromatic hydroxyl groups is 2. The Hall–Kier alpha value is -1.04. The zero-order valence-electron chi connectivity index (χ0n) is 14.5. The van der Waals surface area contributed by atoms with Gasteiger partial charge in [0.1, 0.15) is 0 Å². The number of phenols is 2. The van der Waals surface area contributed by atoms with Gasteiger partial charge >= 0.3 is 0 Å². The van der Waals surface area contributed by atoms with Gasteiger partial charge in [-0.3, -0.25) is 0 Å². The van der Waals surface area contributed by atoms with Crippen LogP contribution in [0, 0.1) is 0 Å². The molecule has 25 heavy (non-hydrogen) atoms. The van der Waals surface area contributed by atoms with E-state index in [1.807, 2.05) is 11.3 Å². The van der Waals surface area contributed by atoms with Crippen LogP contribution in [0.25, 0.3) is 0 Å². The number of halogens is 1. The number of nitrogens with one attached hydrogen (secondary N) is 1. The Morgan fingerprint density at radius 1 is 1.12 bits per heavy atom. The third-order valence-corrected chi connectivity index (χ3v) is 6.69. The summed E-state index contributed by atoms with van der Waals surface area (Å²) < 4.78 is 0. The van der Waals surface area contributed by atoms with Crippen molar-refractivity contribution in [3.63, 3.8) is 0 Å². The zero-order valence-corrected chi connectivity index (χ0v) is 17.1. The van der Waals surface area contributed by atoms with E-state index in [4.69, 9.17) is 0 Å². The van der Waals surface area contributed by atoms with Gasteiger partial charge in [-0.15, -0.1) is 28.3 Å². The third kappa shape index (κ3) is 3.46. The van der Waals surface area contributed by atoms with Crippen LogP contribution < -0.4 is 5.32 Å². The molecule has 2 aromatic rings. The fourth-order valence-electron chi connectivity index (χ4n) is 4.24. The van der Waals surface area contributed by atoms with Crippen LogP contribution in [0.2, 0.25) is 0 Å². The van der Waals surface area contributed by atoms with Crippen LogP contribution in [0.4, 0.5) is 0 Å². The van der Waals surface area contributed by atoms with E-state index in [1.54, 1.807) is 12.1 Å². The second-order valence-electron chi connectivity index (χ2n) is 7.09. The van der Waals surface area contributed by atoms with E-state index in [0.29, 0.717) is 12.0 Å². The maximum Gasteiger partial charge on any atom is 0.157 e. The van der Waals surface area contributed by atoms with Crippen LogP contribution >= 0.6 is 28.3 Å². The van der Waals surface area contributed by atoms with Crippen LogP contribution in [-0.2, 0) is 19.4 Å². The summed E-state index contributed by atoms with van der Waals surface area (Å²) in [7, 11) is 0. The second-order valence-corrected chi connectivity index (χ2v) is 8.31. The molecule has 1 aliphatic carbocycles. The fraction of sp³-hybridized carbons (Fsp3) is 0.500. The first kappa shape index (κ1) is 18.7. The van der Waals surface area contributed by atoms with Crippen molar-refractivity contribution in [2.45, 2.75) is 64.0 Å². The highest BCUT2D eigenvalue weighted by atomic mass is 79.9. The first-order chi connectivity index (χ1) is 11.7. The molecule has 0 amide bonds. The van der Waals surface area contributed by atoms with Crippen LogP contribution in [0.3, 0.4) is 0 Å². The predicted octanol–water partition coefficient (Wildman–Crippen LogP) is 5.02. The number of thiophene rings is 1. The molecule has 2 aliphatic rings. The highest BCUT2D eigenvalue weighted by Crippen LogP contribution is 2.46. The molecule has 0 saturated carbocycles. The van der Waals surface area contributed by atoms with E-state index in [2.05, 4.69) is 18.3 Å². The molecule has 1 aromatic heterocycles. The van der Waals surface area contributed by atoms with E-state index in [0.717, 1.165) is 19.4 Å². The lowest BCUT2D eigenvalue weighted by Crippen LogP contribution is -2.41. The van der Waals surface area contributed by atoms with Gasteiger partial charge in [0, 0.05) is 28.3 Å². The molecular formula is C20H26BrNO2S. The lowest BCUT2D eigenvalue weighted by Gasteiger charge is -2.38. The van der Waals surface area contributed by atoms with Crippen molar-refractivity contribution >= 4 is 28.3 Å². The van der Waals surface area contributed by atoms with Crippen molar-refractivity contribution in [2.24, 2.45) is 0 Å². The van der Waals surface area contributed by atoms with Crippen molar-refractivity contribution in [3.05, 3.63) is 44.6 Å². The van der Waals surface area contributed by atoms with E-state index < -0.39 is 0 Å². The largest absolute Gasteiger partial charge is 0.504 e. The first-order valence-corrected chi connectivity index (χ1v) is 9.88. The summed E-state index contributed by atoms with van der Waals surface area (Å²) in [5.74, 6) is 0.307. The summed E-state index contributed by atoms with van der Waals surface area (Å²) >= 11 is 1.95. The maximum absolute atomic E-state index is 9.99. The lowest BCUT2D eigenvalue weighted by molar-refractivity contribution is 0.382. The number of hydrogen-bond acceptors (Lipinski definition) is 4. The summed E-state index contributed by atoms with van der Waals surface area (Å²) in [4.78, 5) is 2.94. The molecule has 3 nitrogen and oxygen atoms in total. The Kier molecular flexibility index (Phi) is 5.76. The third-order valence-electron chi connectivity index (χ3n) is 5.48. The molecule has 0 radical (unpaired) electrons. The molecule has 2 heterocycles. The summed E-state index contributed by atoms with van der Waals surface area (Å²) in [5.41, 5.74) is 3.81. The number of rotatable bonds is 4. The predicted molar refractivity (Wildman–Crippen MR) is 108 cm³/mol. The highest BCUT2D eigenvalue weighted by Gasteiger charge is 2.36. The van der Waals surface area contributed by atoms with Crippen molar-refractivity contribution in [1.29, 1.82) is 0 Å². The van der Waals surface area contributed by atoms with Gasteiger partial charge in [0.15, 0.2) is 11.5 Å². The Labute approximate surface area is 163 Å². The summed E-state index contributed by atoms with van der Waals surface area (Å²) in [6.45, 7) is 3.21. The minimum Gasteiger partial charge on any atom is -0.504 e. The molecule has 0 fully saturated rings. The number of hydrogen-bond donors (Lipinski definition) is 3. The van der Waals surface area contributed by atoms with E-state index in [9.17, 15) is 10.2 Å². The van der Waals surface area contributed by atoms with Gasteiger partial charge in [-0.1, -0.05) is 19.8 Å². The number of fused-ring (bicyclic) bond motifs is 5. The Morgan fingerprint density at radius 2 is 1.92 bits per heavy atom. The minimum absolute atomic E-state index is 0. The van der Waals surface area contributed by atoms with E-state index in [-0.39, 0.29) is 28.5 Å². The molecule has 4 rings (SSSR count). The van der Waals surface area contributed by atoms with Crippen LogP contribution in [0.15, 0.2) is 18.2 Å². The van der Waals surface area contributed by atoms with Gasteiger partial charge in [0.25, 0.3) is 0 Å². The Morgan fingerprint density at radius 3 is 2.72 bits per heavy atom. The molecule has 0 spiro atoms. The van der Waals surface area contributed by atoms with E-state index in [1.165, 1.54) is 52.1 Å². The van der Waals surface area contributed by atoms with Crippen LogP contribution in [0.5, 0.6) is 11.5 Å². The molecule has 3 N–H and O–H groups in total. The van der Waals surface area contributed by atoms with Gasteiger partial charge < -0.3 is 15.5 Å². The Bertz CT molecular complexity index is 758. The van der Waals surface area contributed by atoms with Gasteiger partial charge in [-0.2, -0.15) is 0 Å². The molecule has 0 unspecified atom stereocenters. The fourth-order valence-corrected chi connectivity index (χ4v) is 5.45. The summed E-state index contributed by atoms with van der Waals surface area (Å²) in [6, 6.07) is 6.39. The Balaban J connectivity index is 0.00000182. The lowest BCUT2D eigenvalue weighted by atomic mass is 9.74.